The SMILES string of the molecule is COC(CN)CCN1CC(C)C(N(C)C)C1. The molecule has 96 valence electrons. The molecule has 3 unspecified atom stereocenters. The molecule has 4 nitrogen and oxygen atoms in total. The molecule has 0 aliphatic carbocycles. The third-order valence-electron chi connectivity index (χ3n) is 3.68. The van der Waals surface area contributed by atoms with Crippen molar-refractivity contribution in [3.63, 3.8) is 0 Å². The van der Waals surface area contributed by atoms with Crippen LogP contribution in [0.25, 0.3) is 0 Å². The van der Waals surface area contributed by atoms with E-state index in [9.17, 15) is 0 Å². The number of nitrogens with zero attached hydrogens (tertiary/aromatic N) is 2. The van der Waals surface area contributed by atoms with Crippen molar-refractivity contribution in [3.05, 3.63) is 0 Å². The molecule has 4 heteroatoms. The van der Waals surface area contributed by atoms with Crippen molar-refractivity contribution in [2.75, 3.05) is 47.4 Å². The number of hydrogen-bond acceptors (Lipinski definition) is 4. The molecule has 1 rings (SSSR count). The van der Waals surface area contributed by atoms with Gasteiger partial charge in [0.1, 0.15) is 0 Å². The summed E-state index contributed by atoms with van der Waals surface area (Å²) in [5.74, 6) is 0.758. The third-order valence-corrected chi connectivity index (χ3v) is 3.68. The average molecular weight is 229 g/mol. The van der Waals surface area contributed by atoms with E-state index in [1.165, 1.54) is 13.1 Å². The maximum absolute atomic E-state index is 5.62. The van der Waals surface area contributed by atoms with Crippen LogP contribution in [0.2, 0.25) is 0 Å². The highest BCUT2D eigenvalue weighted by Crippen LogP contribution is 2.20. The van der Waals surface area contributed by atoms with Gasteiger partial charge in [-0.25, -0.2) is 0 Å². The number of likely N-dealkylation sites (N-methyl/N-ethyl adjacent to an activating group) is 1. The molecule has 1 saturated heterocycles. The van der Waals surface area contributed by atoms with Crippen molar-refractivity contribution in [2.45, 2.75) is 25.5 Å². The molecule has 0 amide bonds. The standard InChI is InChI=1S/C12H27N3O/c1-10-8-15(9-12(10)14(2)3)6-5-11(7-13)16-4/h10-12H,5-9,13H2,1-4H3. The van der Waals surface area contributed by atoms with E-state index in [0.717, 1.165) is 18.9 Å². The zero-order chi connectivity index (χ0) is 12.1. The van der Waals surface area contributed by atoms with Crippen molar-refractivity contribution in [1.29, 1.82) is 0 Å². The van der Waals surface area contributed by atoms with E-state index in [0.29, 0.717) is 12.6 Å². The van der Waals surface area contributed by atoms with Gasteiger partial charge >= 0.3 is 0 Å². The highest BCUT2D eigenvalue weighted by molar-refractivity contribution is 4.86. The molecule has 2 N–H and O–H groups in total. The molecule has 0 aromatic heterocycles. The summed E-state index contributed by atoms with van der Waals surface area (Å²) in [4.78, 5) is 4.86. The second-order valence-corrected chi connectivity index (χ2v) is 5.15. The molecule has 0 saturated carbocycles. The Morgan fingerprint density at radius 2 is 2.12 bits per heavy atom. The lowest BCUT2D eigenvalue weighted by Gasteiger charge is -2.23. The van der Waals surface area contributed by atoms with Crippen molar-refractivity contribution < 1.29 is 4.74 Å². The van der Waals surface area contributed by atoms with Gasteiger partial charge in [-0.05, 0) is 26.4 Å². The zero-order valence-corrected chi connectivity index (χ0v) is 11.1. The van der Waals surface area contributed by atoms with E-state index in [1.54, 1.807) is 7.11 Å². The summed E-state index contributed by atoms with van der Waals surface area (Å²) in [6.07, 6.45) is 1.26. The van der Waals surface area contributed by atoms with E-state index in [2.05, 4.69) is 30.8 Å². The summed E-state index contributed by atoms with van der Waals surface area (Å²) < 4.78 is 5.30. The third kappa shape index (κ3) is 3.70. The highest BCUT2D eigenvalue weighted by Gasteiger charge is 2.30. The molecule has 16 heavy (non-hydrogen) atoms. The average Bonchev–Trinajstić information content (AvgIpc) is 2.61. The Morgan fingerprint density at radius 3 is 2.56 bits per heavy atom. The van der Waals surface area contributed by atoms with Crippen LogP contribution >= 0.6 is 0 Å². The Kier molecular flexibility index (Phi) is 5.69. The summed E-state index contributed by atoms with van der Waals surface area (Å²) in [7, 11) is 6.08. The summed E-state index contributed by atoms with van der Waals surface area (Å²) in [6.45, 7) is 6.43. The van der Waals surface area contributed by atoms with E-state index >= 15 is 0 Å². The molecule has 1 aliphatic rings. The fraction of sp³-hybridized carbons (Fsp3) is 1.00. The normalized spacial score (nSPS) is 28.9. The van der Waals surface area contributed by atoms with Gasteiger partial charge in [0.05, 0.1) is 6.10 Å². The van der Waals surface area contributed by atoms with E-state index < -0.39 is 0 Å². The van der Waals surface area contributed by atoms with Gasteiger partial charge in [-0.3, -0.25) is 0 Å². The molecule has 0 radical (unpaired) electrons. The first-order valence-corrected chi connectivity index (χ1v) is 6.20. The van der Waals surface area contributed by atoms with Crippen LogP contribution in [0.1, 0.15) is 13.3 Å². The highest BCUT2D eigenvalue weighted by atomic mass is 16.5. The fourth-order valence-corrected chi connectivity index (χ4v) is 2.56. The summed E-state index contributed by atoms with van der Waals surface area (Å²) in [5, 5.41) is 0. The van der Waals surface area contributed by atoms with Crippen LogP contribution in [-0.4, -0.2) is 69.3 Å². The van der Waals surface area contributed by atoms with Crippen molar-refractivity contribution in [1.82, 2.24) is 9.80 Å². The van der Waals surface area contributed by atoms with E-state index in [4.69, 9.17) is 10.5 Å². The quantitative estimate of drug-likeness (QED) is 0.708. The number of hydrogen-bond donors (Lipinski definition) is 1. The predicted octanol–water partition coefficient (Wildman–Crippen LogP) is 0.232. The summed E-state index contributed by atoms with van der Waals surface area (Å²) >= 11 is 0. The summed E-state index contributed by atoms with van der Waals surface area (Å²) in [5.41, 5.74) is 5.62. The Morgan fingerprint density at radius 1 is 1.44 bits per heavy atom. The number of likely N-dealkylation sites (tertiary alicyclic amines) is 1. The lowest BCUT2D eigenvalue weighted by atomic mass is 10.1. The first-order valence-electron chi connectivity index (χ1n) is 6.20. The van der Waals surface area contributed by atoms with Crippen LogP contribution in [0.4, 0.5) is 0 Å². The molecule has 0 aromatic carbocycles. The lowest BCUT2D eigenvalue weighted by Crippen LogP contribution is -2.35. The molecular formula is C12H27N3O. The smallest absolute Gasteiger partial charge is 0.0705 e. The van der Waals surface area contributed by atoms with E-state index in [1.807, 2.05) is 0 Å². The van der Waals surface area contributed by atoms with Crippen LogP contribution in [0.3, 0.4) is 0 Å². The monoisotopic (exact) mass is 229 g/mol. The van der Waals surface area contributed by atoms with Crippen molar-refractivity contribution in [2.24, 2.45) is 11.7 Å². The lowest BCUT2D eigenvalue weighted by molar-refractivity contribution is 0.0915. The first kappa shape index (κ1) is 13.9. The molecule has 1 fully saturated rings. The minimum atomic E-state index is 0.216. The molecule has 0 aromatic rings. The van der Waals surface area contributed by atoms with E-state index in [-0.39, 0.29) is 6.10 Å². The number of methoxy groups -OCH3 is 1. The fourth-order valence-electron chi connectivity index (χ4n) is 2.56. The van der Waals surface area contributed by atoms with Gasteiger partial charge < -0.3 is 20.3 Å². The molecule has 1 heterocycles. The van der Waals surface area contributed by atoms with Crippen LogP contribution in [0, 0.1) is 5.92 Å². The predicted molar refractivity (Wildman–Crippen MR) is 67.5 cm³/mol. The minimum Gasteiger partial charge on any atom is -0.380 e. The Bertz CT molecular complexity index is 195. The van der Waals surface area contributed by atoms with Gasteiger partial charge in [0.25, 0.3) is 0 Å². The number of ether oxygens (including phenoxy) is 1. The number of rotatable bonds is 6. The molecule has 0 bridgehead atoms. The largest absolute Gasteiger partial charge is 0.380 e. The maximum Gasteiger partial charge on any atom is 0.0705 e. The molecule has 3 atom stereocenters. The molecule has 0 spiro atoms. The first-order chi connectivity index (χ1) is 7.58. The topological polar surface area (TPSA) is 41.7 Å². The van der Waals surface area contributed by atoms with Gasteiger partial charge in [0.2, 0.25) is 0 Å². The molecule has 1 aliphatic heterocycles. The maximum atomic E-state index is 5.62. The van der Waals surface area contributed by atoms with Crippen molar-refractivity contribution >= 4 is 0 Å². The van der Waals surface area contributed by atoms with Crippen LogP contribution in [0.15, 0.2) is 0 Å². The number of nitrogens with two attached hydrogens (primary N) is 1. The van der Waals surface area contributed by atoms with Crippen LogP contribution in [0.5, 0.6) is 0 Å². The second-order valence-electron chi connectivity index (χ2n) is 5.15. The zero-order valence-electron chi connectivity index (χ0n) is 11.1. The second kappa shape index (κ2) is 6.55. The van der Waals surface area contributed by atoms with Gasteiger partial charge in [0.15, 0.2) is 0 Å². The summed E-state index contributed by atoms with van der Waals surface area (Å²) in [6, 6.07) is 0.693. The van der Waals surface area contributed by atoms with Gasteiger partial charge in [-0.15, -0.1) is 0 Å². The van der Waals surface area contributed by atoms with Crippen LogP contribution < -0.4 is 5.73 Å². The molecular weight excluding hydrogens is 202 g/mol. The van der Waals surface area contributed by atoms with Crippen LogP contribution in [-0.2, 0) is 4.74 Å². The van der Waals surface area contributed by atoms with Gasteiger partial charge in [-0.1, -0.05) is 6.92 Å². The van der Waals surface area contributed by atoms with Crippen molar-refractivity contribution in [3.8, 4) is 0 Å². The Labute approximate surface area is 99.7 Å². The Balaban J connectivity index is 2.30. The van der Waals surface area contributed by atoms with Gasteiger partial charge in [0, 0.05) is 39.3 Å². The van der Waals surface area contributed by atoms with Gasteiger partial charge in [-0.2, -0.15) is 0 Å². The Hall–Kier alpha value is -0.160. The minimum absolute atomic E-state index is 0.216.